The number of amides is 2. The van der Waals surface area contributed by atoms with Gasteiger partial charge >= 0.3 is 0 Å². The van der Waals surface area contributed by atoms with Crippen LogP contribution in [0.5, 0.6) is 5.88 Å². The average molecular weight is 417 g/mol. The van der Waals surface area contributed by atoms with E-state index in [0.29, 0.717) is 36.0 Å². The Morgan fingerprint density at radius 3 is 2.61 bits per heavy atom. The van der Waals surface area contributed by atoms with E-state index in [-0.39, 0.29) is 24.5 Å². The van der Waals surface area contributed by atoms with Crippen molar-refractivity contribution in [3.05, 3.63) is 78.1 Å². The summed E-state index contributed by atoms with van der Waals surface area (Å²) in [5.74, 6) is 0.832. The number of benzene rings is 1. The lowest BCUT2D eigenvalue weighted by molar-refractivity contribution is -0.120. The number of hydrogen-bond donors (Lipinski definition) is 2. The van der Waals surface area contributed by atoms with Gasteiger partial charge in [0.2, 0.25) is 11.8 Å². The molecule has 31 heavy (non-hydrogen) atoms. The molecule has 0 aliphatic carbocycles. The zero-order valence-corrected chi connectivity index (χ0v) is 17.1. The van der Waals surface area contributed by atoms with Crippen LogP contribution in [-0.2, 0) is 4.79 Å². The number of pyridine rings is 2. The Labute approximate surface area is 180 Å². The highest BCUT2D eigenvalue weighted by atomic mass is 16.5. The topological polar surface area (TPSA) is 96.5 Å². The van der Waals surface area contributed by atoms with Crippen molar-refractivity contribution in [1.29, 1.82) is 0 Å². The Balaban J connectivity index is 1.34. The van der Waals surface area contributed by atoms with Crippen molar-refractivity contribution < 1.29 is 14.3 Å². The third-order valence-electron chi connectivity index (χ3n) is 4.93. The van der Waals surface area contributed by atoms with Gasteiger partial charge in [0.25, 0.3) is 5.91 Å². The number of piperazine rings is 1. The molecule has 8 nitrogen and oxygen atoms in total. The first-order valence-electron chi connectivity index (χ1n) is 10.1. The van der Waals surface area contributed by atoms with Crippen molar-refractivity contribution in [2.45, 2.75) is 13.0 Å². The minimum atomic E-state index is -0.290. The van der Waals surface area contributed by atoms with Crippen molar-refractivity contribution in [3.63, 3.8) is 0 Å². The molecule has 2 aromatic heterocycles. The highest BCUT2D eigenvalue weighted by molar-refractivity contribution is 6.04. The van der Waals surface area contributed by atoms with Gasteiger partial charge < -0.3 is 20.3 Å². The van der Waals surface area contributed by atoms with E-state index in [9.17, 15) is 9.59 Å². The third kappa shape index (κ3) is 5.16. The van der Waals surface area contributed by atoms with Crippen molar-refractivity contribution in [3.8, 4) is 5.88 Å². The molecule has 1 atom stereocenters. The van der Waals surface area contributed by atoms with E-state index in [1.165, 1.54) is 6.20 Å². The Morgan fingerprint density at radius 1 is 1.10 bits per heavy atom. The summed E-state index contributed by atoms with van der Waals surface area (Å²) in [5, 5.41) is 5.58. The number of anilines is 2. The van der Waals surface area contributed by atoms with Gasteiger partial charge in [0.15, 0.2) is 0 Å². The van der Waals surface area contributed by atoms with Crippen LogP contribution in [0.4, 0.5) is 11.5 Å². The van der Waals surface area contributed by atoms with Crippen LogP contribution in [0.25, 0.3) is 0 Å². The largest absolute Gasteiger partial charge is 0.470 e. The molecule has 8 heteroatoms. The summed E-state index contributed by atoms with van der Waals surface area (Å²) in [4.78, 5) is 34.5. The second-order valence-corrected chi connectivity index (χ2v) is 7.19. The molecule has 0 saturated carbocycles. The Hall–Kier alpha value is -3.94. The van der Waals surface area contributed by atoms with Crippen molar-refractivity contribution in [2.75, 3.05) is 29.9 Å². The van der Waals surface area contributed by atoms with Gasteiger partial charge in [-0.3, -0.25) is 9.59 Å². The Kier molecular flexibility index (Phi) is 6.07. The standard InChI is InChI=1S/C23H23N5O3/c1-16(17-5-3-2-4-6-17)31-22-10-7-18(13-26-22)23(30)27-19-8-9-20(25-14-19)28-12-11-24-21(29)15-28/h2-10,13-14,16H,11-12,15H2,1H3,(H,24,29)(H,27,30)/t16-/m0/s1. The number of ether oxygens (including phenoxy) is 1. The second-order valence-electron chi connectivity index (χ2n) is 7.19. The Morgan fingerprint density at radius 2 is 1.94 bits per heavy atom. The van der Waals surface area contributed by atoms with Crippen LogP contribution in [-0.4, -0.2) is 41.4 Å². The van der Waals surface area contributed by atoms with Crippen molar-refractivity contribution in [1.82, 2.24) is 15.3 Å². The van der Waals surface area contributed by atoms with E-state index >= 15 is 0 Å². The van der Waals surface area contributed by atoms with E-state index in [1.54, 1.807) is 30.5 Å². The summed E-state index contributed by atoms with van der Waals surface area (Å²) in [7, 11) is 0. The lowest BCUT2D eigenvalue weighted by Crippen LogP contribution is -2.48. The highest BCUT2D eigenvalue weighted by Gasteiger charge is 2.17. The van der Waals surface area contributed by atoms with Crippen molar-refractivity contribution in [2.24, 2.45) is 0 Å². The Bertz CT molecular complexity index is 1040. The van der Waals surface area contributed by atoms with E-state index in [1.807, 2.05) is 42.2 Å². The summed E-state index contributed by atoms with van der Waals surface area (Å²) >= 11 is 0. The molecule has 1 fully saturated rings. The van der Waals surface area contributed by atoms with Crippen LogP contribution in [0.3, 0.4) is 0 Å². The van der Waals surface area contributed by atoms with Crippen LogP contribution in [0, 0.1) is 0 Å². The van der Waals surface area contributed by atoms with Gasteiger partial charge in [-0.2, -0.15) is 0 Å². The van der Waals surface area contributed by atoms with Crippen molar-refractivity contribution >= 4 is 23.3 Å². The molecule has 0 bridgehead atoms. The van der Waals surface area contributed by atoms with Crippen LogP contribution >= 0.6 is 0 Å². The van der Waals surface area contributed by atoms with Gasteiger partial charge in [-0.1, -0.05) is 30.3 Å². The van der Waals surface area contributed by atoms with Gasteiger partial charge in [-0.05, 0) is 30.7 Å². The number of nitrogens with one attached hydrogen (secondary N) is 2. The zero-order valence-electron chi connectivity index (χ0n) is 17.1. The minimum Gasteiger partial charge on any atom is -0.470 e. The van der Waals surface area contributed by atoms with Gasteiger partial charge in [0.1, 0.15) is 11.9 Å². The third-order valence-corrected chi connectivity index (χ3v) is 4.93. The van der Waals surface area contributed by atoms with Gasteiger partial charge in [-0.25, -0.2) is 9.97 Å². The smallest absolute Gasteiger partial charge is 0.257 e. The molecule has 3 aromatic rings. The number of rotatable bonds is 6. The summed E-state index contributed by atoms with van der Waals surface area (Å²) in [6, 6.07) is 16.8. The highest BCUT2D eigenvalue weighted by Crippen LogP contribution is 2.20. The summed E-state index contributed by atoms with van der Waals surface area (Å²) in [5.41, 5.74) is 2.02. The number of nitrogens with zero attached hydrogens (tertiary/aromatic N) is 3. The van der Waals surface area contributed by atoms with Crippen LogP contribution < -0.4 is 20.3 Å². The summed E-state index contributed by atoms with van der Waals surface area (Å²) in [6.07, 6.45) is 2.91. The monoisotopic (exact) mass is 417 g/mol. The molecule has 0 radical (unpaired) electrons. The fourth-order valence-corrected chi connectivity index (χ4v) is 3.24. The van der Waals surface area contributed by atoms with Gasteiger partial charge in [0, 0.05) is 25.4 Å². The normalized spacial score (nSPS) is 14.5. The lowest BCUT2D eigenvalue weighted by atomic mass is 10.1. The van der Waals surface area contributed by atoms with E-state index in [2.05, 4.69) is 20.6 Å². The maximum atomic E-state index is 12.5. The maximum Gasteiger partial charge on any atom is 0.257 e. The van der Waals surface area contributed by atoms with Crippen LogP contribution in [0.15, 0.2) is 67.0 Å². The molecule has 158 valence electrons. The number of aromatic nitrogens is 2. The van der Waals surface area contributed by atoms with Crippen LogP contribution in [0.1, 0.15) is 28.9 Å². The summed E-state index contributed by atoms with van der Waals surface area (Å²) < 4.78 is 5.85. The maximum absolute atomic E-state index is 12.5. The predicted octanol–water partition coefficient (Wildman–Crippen LogP) is 2.81. The zero-order chi connectivity index (χ0) is 21.6. The molecule has 2 N–H and O–H groups in total. The van der Waals surface area contributed by atoms with Gasteiger partial charge in [0.05, 0.1) is 24.0 Å². The summed E-state index contributed by atoms with van der Waals surface area (Å²) in [6.45, 7) is 3.52. The molecule has 0 unspecified atom stereocenters. The first kappa shape index (κ1) is 20.3. The molecular weight excluding hydrogens is 394 g/mol. The number of carbonyl (C=O) groups is 2. The molecule has 1 aliphatic rings. The van der Waals surface area contributed by atoms with Crippen LogP contribution in [0.2, 0.25) is 0 Å². The number of hydrogen-bond acceptors (Lipinski definition) is 6. The molecule has 3 heterocycles. The van der Waals surface area contributed by atoms with E-state index in [0.717, 1.165) is 5.56 Å². The fourth-order valence-electron chi connectivity index (χ4n) is 3.24. The average Bonchev–Trinajstić information content (AvgIpc) is 2.80. The molecule has 0 spiro atoms. The SMILES string of the molecule is C[C@H](Oc1ccc(C(=O)Nc2ccc(N3CCNC(=O)C3)nc2)cn1)c1ccccc1. The first-order valence-corrected chi connectivity index (χ1v) is 10.1. The molecule has 1 aromatic carbocycles. The molecule has 2 amide bonds. The lowest BCUT2D eigenvalue weighted by Gasteiger charge is -2.27. The molecular formula is C23H23N5O3. The molecule has 4 rings (SSSR count). The minimum absolute atomic E-state index is 0.0245. The fraction of sp³-hybridized carbons (Fsp3) is 0.217. The van der Waals surface area contributed by atoms with E-state index < -0.39 is 0 Å². The molecule has 1 saturated heterocycles. The number of carbonyl (C=O) groups excluding carboxylic acids is 2. The predicted molar refractivity (Wildman–Crippen MR) is 117 cm³/mol. The first-order chi connectivity index (χ1) is 15.1. The quantitative estimate of drug-likeness (QED) is 0.640. The van der Waals surface area contributed by atoms with Gasteiger partial charge in [-0.15, -0.1) is 0 Å². The molecule has 1 aliphatic heterocycles. The van der Waals surface area contributed by atoms with E-state index in [4.69, 9.17) is 4.74 Å². The second kappa shape index (κ2) is 9.25.